The van der Waals surface area contributed by atoms with Crippen molar-refractivity contribution in [3.05, 3.63) is 57.8 Å². The molecule has 122 valence electrons. The molecule has 0 aliphatic heterocycles. The fourth-order valence-corrected chi connectivity index (χ4v) is 4.12. The van der Waals surface area contributed by atoms with Crippen LogP contribution >= 0.6 is 11.3 Å². The van der Waals surface area contributed by atoms with Gasteiger partial charge >= 0.3 is 6.18 Å². The highest BCUT2D eigenvalue weighted by molar-refractivity contribution is 7.10. The number of nitrogens with one attached hydrogen (secondary N) is 1. The Morgan fingerprint density at radius 1 is 1.09 bits per heavy atom. The maximum Gasteiger partial charge on any atom is 0.417 e. The van der Waals surface area contributed by atoms with Gasteiger partial charge in [0.2, 0.25) is 0 Å². The van der Waals surface area contributed by atoms with E-state index in [1.54, 1.807) is 0 Å². The average molecular weight is 339 g/mol. The van der Waals surface area contributed by atoms with Crippen LogP contribution in [0, 0.1) is 0 Å². The van der Waals surface area contributed by atoms with E-state index in [0.29, 0.717) is 0 Å². The van der Waals surface area contributed by atoms with Gasteiger partial charge in [-0.1, -0.05) is 31.0 Å². The first kappa shape index (κ1) is 16.1. The van der Waals surface area contributed by atoms with E-state index in [1.807, 2.05) is 17.5 Å². The van der Waals surface area contributed by atoms with E-state index in [9.17, 15) is 18.0 Å². The molecule has 3 rings (SSSR count). The van der Waals surface area contributed by atoms with Crippen LogP contribution in [0.4, 0.5) is 13.2 Å². The fraction of sp³-hybridized carbons (Fsp3) is 0.353. The Labute approximate surface area is 136 Å². The summed E-state index contributed by atoms with van der Waals surface area (Å²) in [4.78, 5) is 13.6. The Morgan fingerprint density at radius 2 is 1.78 bits per heavy atom. The predicted octanol–water partition coefficient (Wildman–Crippen LogP) is 4.97. The lowest BCUT2D eigenvalue weighted by Gasteiger charge is -2.30. The minimum atomic E-state index is -4.54. The minimum Gasteiger partial charge on any atom is -0.342 e. The second-order valence-electron chi connectivity index (χ2n) is 5.76. The zero-order valence-electron chi connectivity index (χ0n) is 12.3. The van der Waals surface area contributed by atoms with Gasteiger partial charge in [0.05, 0.1) is 16.7 Å². The first-order valence-corrected chi connectivity index (χ1v) is 8.33. The van der Waals surface area contributed by atoms with Crippen molar-refractivity contribution in [3.63, 3.8) is 0 Å². The lowest BCUT2D eigenvalue weighted by molar-refractivity contribution is -0.137. The van der Waals surface area contributed by atoms with Crippen LogP contribution in [0.25, 0.3) is 0 Å². The van der Waals surface area contributed by atoms with E-state index >= 15 is 0 Å². The zero-order chi connectivity index (χ0) is 16.5. The molecule has 0 spiro atoms. The van der Waals surface area contributed by atoms with Crippen LogP contribution in [-0.2, 0) is 11.7 Å². The standard InChI is InChI=1S/C17H16F3NOS/c18-17(19,20)13-7-2-1-6-12(13)15(22)21-16(9-3-4-10-16)14-8-5-11-23-14/h1-2,5-8,11H,3-4,9-10H2,(H,21,22). The molecular weight excluding hydrogens is 323 g/mol. The summed E-state index contributed by atoms with van der Waals surface area (Å²) in [5, 5.41) is 4.82. The highest BCUT2D eigenvalue weighted by atomic mass is 32.1. The maximum absolute atomic E-state index is 13.1. The molecule has 23 heavy (non-hydrogen) atoms. The summed E-state index contributed by atoms with van der Waals surface area (Å²) < 4.78 is 39.3. The number of hydrogen-bond acceptors (Lipinski definition) is 2. The van der Waals surface area contributed by atoms with Crippen molar-refractivity contribution < 1.29 is 18.0 Å². The number of amides is 1. The molecule has 6 heteroatoms. The minimum absolute atomic E-state index is 0.317. The van der Waals surface area contributed by atoms with Crippen LogP contribution in [0.15, 0.2) is 41.8 Å². The lowest BCUT2D eigenvalue weighted by Crippen LogP contribution is -2.43. The molecule has 0 bridgehead atoms. The van der Waals surface area contributed by atoms with Crippen LogP contribution in [0.3, 0.4) is 0 Å². The average Bonchev–Trinajstić information content (AvgIpc) is 3.18. The van der Waals surface area contributed by atoms with E-state index in [-0.39, 0.29) is 5.56 Å². The van der Waals surface area contributed by atoms with E-state index in [2.05, 4.69) is 5.32 Å². The Bertz CT molecular complexity index is 688. The Kier molecular flexibility index (Phi) is 4.19. The number of halogens is 3. The largest absolute Gasteiger partial charge is 0.417 e. The molecule has 0 saturated heterocycles. The highest BCUT2D eigenvalue weighted by Crippen LogP contribution is 2.41. The predicted molar refractivity (Wildman–Crippen MR) is 83.4 cm³/mol. The van der Waals surface area contributed by atoms with Crippen molar-refractivity contribution in [3.8, 4) is 0 Å². The smallest absolute Gasteiger partial charge is 0.342 e. The van der Waals surface area contributed by atoms with Crippen LogP contribution < -0.4 is 5.32 Å². The van der Waals surface area contributed by atoms with Crippen LogP contribution in [0.1, 0.15) is 46.5 Å². The SMILES string of the molecule is O=C(NC1(c2cccs2)CCCC1)c1ccccc1C(F)(F)F. The molecule has 0 unspecified atom stereocenters. The van der Waals surface area contributed by atoms with Gasteiger partial charge in [-0.15, -0.1) is 11.3 Å². The molecule has 1 aliphatic carbocycles. The molecule has 2 nitrogen and oxygen atoms in total. The first-order chi connectivity index (χ1) is 10.9. The number of alkyl halides is 3. The van der Waals surface area contributed by atoms with Crippen molar-refractivity contribution in [1.82, 2.24) is 5.32 Å². The van der Waals surface area contributed by atoms with Gasteiger partial charge in [-0.2, -0.15) is 13.2 Å². The van der Waals surface area contributed by atoms with E-state index in [1.165, 1.54) is 29.5 Å². The third-order valence-corrected chi connectivity index (χ3v) is 5.35. The van der Waals surface area contributed by atoms with Crippen LogP contribution in [-0.4, -0.2) is 5.91 Å². The number of carbonyl (C=O) groups excluding carboxylic acids is 1. The molecule has 1 amide bonds. The van der Waals surface area contributed by atoms with Gasteiger partial charge in [-0.3, -0.25) is 4.79 Å². The van der Waals surface area contributed by atoms with E-state index in [4.69, 9.17) is 0 Å². The summed E-state index contributed by atoms with van der Waals surface area (Å²) in [7, 11) is 0. The molecule has 0 radical (unpaired) electrons. The molecular formula is C17H16F3NOS. The number of benzene rings is 1. The third kappa shape index (κ3) is 3.13. The highest BCUT2D eigenvalue weighted by Gasteiger charge is 2.40. The summed E-state index contributed by atoms with van der Waals surface area (Å²) in [6.07, 6.45) is -1.11. The fourth-order valence-electron chi connectivity index (χ4n) is 3.18. The van der Waals surface area contributed by atoms with Gasteiger partial charge in [0, 0.05) is 4.88 Å². The quantitative estimate of drug-likeness (QED) is 0.841. The van der Waals surface area contributed by atoms with Gasteiger partial charge < -0.3 is 5.32 Å². The lowest BCUT2D eigenvalue weighted by atomic mass is 9.94. The third-order valence-electron chi connectivity index (χ3n) is 4.28. The molecule has 1 fully saturated rings. The first-order valence-electron chi connectivity index (χ1n) is 7.45. The number of rotatable bonds is 3. The Morgan fingerprint density at radius 3 is 2.39 bits per heavy atom. The number of carbonyl (C=O) groups is 1. The van der Waals surface area contributed by atoms with Crippen molar-refractivity contribution in [1.29, 1.82) is 0 Å². The van der Waals surface area contributed by atoms with Crippen molar-refractivity contribution in [2.45, 2.75) is 37.4 Å². The van der Waals surface area contributed by atoms with E-state index in [0.717, 1.165) is 36.6 Å². The van der Waals surface area contributed by atoms with Crippen molar-refractivity contribution >= 4 is 17.2 Å². The Hall–Kier alpha value is -1.82. The summed E-state index contributed by atoms with van der Waals surface area (Å²) >= 11 is 1.53. The Balaban J connectivity index is 1.93. The molecule has 0 atom stereocenters. The summed E-state index contributed by atoms with van der Waals surface area (Å²) in [6.45, 7) is 0. The van der Waals surface area contributed by atoms with Gasteiger partial charge in [-0.25, -0.2) is 0 Å². The molecule has 2 aromatic rings. The number of hydrogen-bond donors (Lipinski definition) is 1. The molecule has 1 aromatic carbocycles. The molecule has 1 aromatic heterocycles. The molecule has 1 N–H and O–H groups in total. The topological polar surface area (TPSA) is 29.1 Å². The van der Waals surface area contributed by atoms with Gasteiger partial charge in [0.25, 0.3) is 5.91 Å². The number of thiophene rings is 1. The molecule has 1 heterocycles. The van der Waals surface area contributed by atoms with Gasteiger partial charge in [-0.05, 0) is 36.4 Å². The van der Waals surface area contributed by atoms with Gasteiger partial charge in [0.1, 0.15) is 0 Å². The van der Waals surface area contributed by atoms with Crippen LogP contribution in [0.5, 0.6) is 0 Å². The molecule has 1 aliphatic rings. The maximum atomic E-state index is 13.1. The second kappa shape index (κ2) is 6.00. The summed E-state index contributed by atoms with van der Waals surface area (Å²) in [5.74, 6) is -0.659. The zero-order valence-corrected chi connectivity index (χ0v) is 13.1. The second-order valence-corrected chi connectivity index (χ2v) is 6.71. The monoisotopic (exact) mass is 339 g/mol. The van der Waals surface area contributed by atoms with E-state index < -0.39 is 23.2 Å². The summed E-state index contributed by atoms with van der Waals surface area (Å²) in [6, 6.07) is 8.76. The molecule has 1 saturated carbocycles. The van der Waals surface area contributed by atoms with Crippen molar-refractivity contribution in [2.24, 2.45) is 0 Å². The van der Waals surface area contributed by atoms with Crippen molar-refractivity contribution in [2.75, 3.05) is 0 Å². The summed E-state index contributed by atoms with van der Waals surface area (Å²) in [5.41, 5.74) is -1.75. The normalized spacial score (nSPS) is 17.2. The van der Waals surface area contributed by atoms with Crippen LogP contribution in [0.2, 0.25) is 0 Å². The van der Waals surface area contributed by atoms with Gasteiger partial charge in [0.15, 0.2) is 0 Å².